The predicted molar refractivity (Wildman–Crippen MR) is 87.4 cm³/mol. The number of hydrogen-bond acceptors (Lipinski definition) is 3. The van der Waals surface area contributed by atoms with Crippen LogP contribution >= 0.6 is 49.9 Å². The van der Waals surface area contributed by atoms with Crippen molar-refractivity contribution in [2.45, 2.75) is 4.83 Å². The first-order valence-corrected chi connectivity index (χ1v) is 8.13. The maximum absolute atomic E-state index is 5.41. The molecule has 1 atom stereocenters. The summed E-state index contributed by atoms with van der Waals surface area (Å²) in [6.07, 6.45) is 0. The van der Waals surface area contributed by atoms with Crippen molar-refractivity contribution in [2.24, 2.45) is 0 Å². The van der Waals surface area contributed by atoms with Crippen molar-refractivity contribution in [1.82, 2.24) is 0 Å². The molecule has 0 radical (unpaired) electrons. The fourth-order valence-corrected chi connectivity index (χ4v) is 3.87. The molecule has 0 N–H and O–H groups in total. The van der Waals surface area contributed by atoms with Crippen molar-refractivity contribution in [1.29, 1.82) is 0 Å². The van der Waals surface area contributed by atoms with E-state index in [9.17, 15) is 0 Å². The van der Waals surface area contributed by atoms with Crippen molar-refractivity contribution in [3.05, 3.63) is 43.7 Å². The SMILES string of the molecule is COc1ccc(OC)c(C(Br)c2csc(I)c2)c1. The molecular weight excluding hydrogens is 427 g/mol. The Labute approximate surface area is 133 Å². The van der Waals surface area contributed by atoms with Crippen LogP contribution in [0.4, 0.5) is 0 Å². The summed E-state index contributed by atoms with van der Waals surface area (Å²) in [5.41, 5.74) is 2.31. The van der Waals surface area contributed by atoms with Gasteiger partial charge in [0.15, 0.2) is 0 Å². The van der Waals surface area contributed by atoms with Gasteiger partial charge >= 0.3 is 0 Å². The topological polar surface area (TPSA) is 18.5 Å². The van der Waals surface area contributed by atoms with Crippen molar-refractivity contribution < 1.29 is 9.47 Å². The Kier molecular flexibility index (Phi) is 4.91. The van der Waals surface area contributed by atoms with E-state index in [1.165, 1.54) is 8.45 Å². The van der Waals surface area contributed by atoms with Crippen LogP contribution in [0.5, 0.6) is 11.5 Å². The summed E-state index contributed by atoms with van der Waals surface area (Å²) < 4.78 is 12.0. The zero-order valence-corrected chi connectivity index (χ0v) is 14.5. The number of benzene rings is 1. The molecule has 1 unspecified atom stereocenters. The van der Waals surface area contributed by atoms with Gasteiger partial charge in [0.1, 0.15) is 11.5 Å². The van der Waals surface area contributed by atoms with Gasteiger partial charge < -0.3 is 9.47 Å². The van der Waals surface area contributed by atoms with Gasteiger partial charge in [-0.2, -0.15) is 0 Å². The third kappa shape index (κ3) is 3.00. The molecule has 2 nitrogen and oxygen atoms in total. The van der Waals surface area contributed by atoms with E-state index in [2.05, 4.69) is 50.0 Å². The molecule has 2 aromatic rings. The fraction of sp³-hybridized carbons (Fsp3) is 0.231. The van der Waals surface area contributed by atoms with E-state index in [-0.39, 0.29) is 4.83 Å². The molecule has 0 fully saturated rings. The minimum absolute atomic E-state index is 0.113. The van der Waals surface area contributed by atoms with Gasteiger partial charge in [-0.05, 0) is 57.8 Å². The van der Waals surface area contributed by atoms with Crippen molar-refractivity contribution in [3.8, 4) is 11.5 Å². The lowest BCUT2D eigenvalue weighted by molar-refractivity contribution is 0.399. The average molecular weight is 439 g/mol. The van der Waals surface area contributed by atoms with E-state index in [1.807, 2.05) is 18.2 Å². The van der Waals surface area contributed by atoms with Crippen LogP contribution in [0, 0.1) is 2.88 Å². The number of ether oxygens (including phenoxy) is 2. The molecule has 0 aliphatic rings. The van der Waals surface area contributed by atoms with Crippen LogP contribution in [-0.2, 0) is 0 Å². The molecular formula is C13H12BrIO2S. The molecule has 1 aromatic carbocycles. The minimum Gasteiger partial charge on any atom is -0.497 e. The Bertz CT molecular complexity index is 542. The number of rotatable bonds is 4. The van der Waals surface area contributed by atoms with Crippen LogP contribution in [0.2, 0.25) is 0 Å². The monoisotopic (exact) mass is 438 g/mol. The van der Waals surface area contributed by atoms with Gasteiger partial charge in [0.25, 0.3) is 0 Å². The smallest absolute Gasteiger partial charge is 0.123 e. The summed E-state index contributed by atoms with van der Waals surface area (Å²) in [6, 6.07) is 8.01. The first-order chi connectivity index (χ1) is 8.65. The standard InChI is InChI=1S/C13H12BrIO2S/c1-16-9-3-4-11(17-2)10(6-9)13(14)8-5-12(15)18-7-8/h3-7,13H,1-2H3. The quantitative estimate of drug-likeness (QED) is 0.501. The van der Waals surface area contributed by atoms with Crippen LogP contribution in [0.1, 0.15) is 16.0 Å². The Morgan fingerprint density at radius 1 is 1.22 bits per heavy atom. The van der Waals surface area contributed by atoms with E-state index in [0.29, 0.717) is 0 Å². The molecule has 1 aromatic heterocycles. The highest BCUT2D eigenvalue weighted by Gasteiger charge is 2.17. The lowest BCUT2D eigenvalue weighted by atomic mass is 10.1. The van der Waals surface area contributed by atoms with E-state index >= 15 is 0 Å². The molecule has 1 heterocycles. The molecule has 0 saturated heterocycles. The second kappa shape index (κ2) is 6.25. The molecule has 0 saturated carbocycles. The highest BCUT2D eigenvalue weighted by molar-refractivity contribution is 14.1. The van der Waals surface area contributed by atoms with Gasteiger partial charge in [-0.1, -0.05) is 15.9 Å². The van der Waals surface area contributed by atoms with E-state index < -0.39 is 0 Å². The third-order valence-electron chi connectivity index (χ3n) is 2.59. The first kappa shape index (κ1) is 14.1. The highest BCUT2D eigenvalue weighted by Crippen LogP contribution is 2.40. The summed E-state index contributed by atoms with van der Waals surface area (Å²) in [7, 11) is 3.35. The molecule has 0 spiro atoms. The van der Waals surface area contributed by atoms with Crippen LogP contribution < -0.4 is 9.47 Å². The molecule has 0 aliphatic carbocycles. The second-order valence-electron chi connectivity index (χ2n) is 3.65. The third-order valence-corrected chi connectivity index (χ3v) is 5.42. The van der Waals surface area contributed by atoms with Crippen LogP contribution in [0.25, 0.3) is 0 Å². The number of hydrogen-bond donors (Lipinski definition) is 0. The van der Waals surface area contributed by atoms with Crippen molar-refractivity contribution in [2.75, 3.05) is 14.2 Å². The minimum atomic E-state index is 0.113. The lowest BCUT2D eigenvalue weighted by Gasteiger charge is -2.14. The lowest BCUT2D eigenvalue weighted by Crippen LogP contribution is -1.97. The van der Waals surface area contributed by atoms with Gasteiger partial charge in [0, 0.05) is 5.56 Å². The van der Waals surface area contributed by atoms with E-state index in [0.717, 1.165) is 17.1 Å². The Morgan fingerprint density at radius 2 is 2.00 bits per heavy atom. The first-order valence-electron chi connectivity index (χ1n) is 5.25. The van der Waals surface area contributed by atoms with Gasteiger partial charge in [0.2, 0.25) is 0 Å². The zero-order valence-electron chi connectivity index (χ0n) is 9.94. The fourth-order valence-electron chi connectivity index (χ4n) is 1.67. The van der Waals surface area contributed by atoms with E-state index in [4.69, 9.17) is 9.47 Å². The number of methoxy groups -OCH3 is 2. The highest BCUT2D eigenvalue weighted by atomic mass is 127. The van der Waals surface area contributed by atoms with Crippen LogP contribution in [-0.4, -0.2) is 14.2 Å². The average Bonchev–Trinajstić information content (AvgIpc) is 2.83. The molecule has 0 amide bonds. The summed E-state index contributed by atoms with van der Waals surface area (Å²) >= 11 is 7.79. The summed E-state index contributed by atoms with van der Waals surface area (Å²) in [4.78, 5) is 0.113. The number of thiophene rings is 1. The molecule has 2 rings (SSSR count). The van der Waals surface area contributed by atoms with Gasteiger partial charge in [0.05, 0.1) is 21.9 Å². The summed E-state index contributed by atoms with van der Waals surface area (Å²) in [5, 5.41) is 2.15. The predicted octanol–water partition coefficient (Wildman–Crippen LogP) is 4.85. The van der Waals surface area contributed by atoms with Gasteiger partial charge in [-0.3, -0.25) is 0 Å². The molecule has 0 aliphatic heterocycles. The Morgan fingerprint density at radius 3 is 2.56 bits per heavy atom. The molecule has 96 valence electrons. The summed E-state index contributed by atoms with van der Waals surface area (Å²) in [6.45, 7) is 0. The van der Waals surface area contributed by atoms with Crippen LogP contribution in [0.15, 0.2) is 29.6 Å². The summed E-state index contributed by atoms with van der Waals surface area (Å²) in [5.74, 6) is 1.69. The number of alkyl halides is 1. The maximum atomic E-state index is 5.41. The van der Waals surface area contributed by atoms with E-state index in [1.54, 1.807) is 25.6 Å². The maximum Gasteiger partial charge on any atom is 0.123 e. The van der Waals surface area contributed by atoms with Crippen molar-refractivity contribution in [3.63, 3.8) is 0 Å². The largest absolute Gasteiger partial charge is 0.497 e. The van der Waals surface area contributed by atoms with Crippen molar-refractivity contribution >= 4 is 49.9 Å². The second-order valence-corrected chi connectivity index (χ2v) is 7.38. The molecule has 18 heavy (non-hydrogen) atoms. The zero-order chi connectivity index (χ0) is 13.1. The Balaban J connectivity index is 2.41. The van der Waals surface area contributed by atoms with Gasteiger partial charge in [-0.15, -0.1) is 11.3 Å². The van der Waals surface area contributed by atoms with Crippen LogP contribution in [0.3, 0.4) is 0 Å². The molecule has 5 heteroatoms. The normalized spacial score (nSPS) is 12.2. The number of halogens is 2. The van der Waals surface area contributed by atoms with Gasteiger partial charge in [-0.25, -0.2) is 0 Å². The molecule has 0 bridgehead atoms. The Hall–Kier alpha value is -0.270.